The van der Waals surface area contributed by atoms with Crippen LogP contribution in [0.5, 0.6) is 0 Å². The predicted octanol–water partition coefficient (Wildman–Crippen LogP) is 2.74. The van der Waals surface area contributed by atoms with Crippen LogP contribution in [0.25, 0.3) is 5.69 Å². The van der Waals surface area contributed by atoms with Crippen LogP contribution in [0.4, 0.5) is 0 Å². The van der Waals surface area contributed by atoms with E-state index in [9.17, 15) is 9.00 Å². The van der Waals surface area contributed by atoms with Gasteiger partial charge in [-0.15, -0.1) is 0 Å². The first-order chi connectivity index (χ1) is 10.7. The SMILES string of the molecule is O=C(c1cnn(-c2ccccc2)c1)C1CC2CCC(C1)S2=O. The maximum Gasteiger partial charge on any atom is 0.169 e. The van der Waals surface area contributed by atoms with E-state index in [1.54, 1.807) is 10.9 Å². The fraction of sp³-hybridized carbons (Fsp3) is 0.412. The van der Waals surface area contributed by atoms with Crippen LogP contribution in [0.2, 0.25) is 0 Å². The number of benzene rings is 1. The maximum atomic E-state index is 12.7. The van der Waals surface area contributed by atoms with E-state index >= 15 is 0 Å². The summed E-state index contributed by atoms with van der Waals surface area (Å²) < 4.78 is 13.8. The highest BCUT2D eigenvalue weighted by Crippen LogP contribution is 2.39. The summed E-state index contributed by atoms with van der Waals surface area (Å²) in [6.45, 7) is 0. The lowest BCUT2D eigenvalue weighted by atomic mass is 9.92. The third-order valence-corrected chi connectivity index (χ3v) is 6.99. The van der Waals surface area contributed by atoms with Gasteiger partial charge in [-0.1, -0.05) is 18.2 Å². The zero-order valence-corrected chi connectivity index (χ0v) is 13.0. The molecule has 0 saturated carbocycles. The third kappa shape index (κ3) is 2.33. The lowest BCUT2D eigenvalue weighted by molar-refractivity contribution is 0.0906. The van der Waals surface area contributed by atoms with Crippen molar-refractivity contribution in [2.45, 2.75) is 36.2 Å². The van der Waals surface area contributed by atoms with Gasteiger partial charge in [0, 0.05) is 33.4 Å². The number of para-hydroxylation sites is 1. The minimum atomic E-state index is -0.710. The summed E-state index contributed by atoms with van der Waals surface area (Å²) in [6.07, 6.45) is 7.06. The molecular weight excluding hydrogens is 296 g/mol. The molecule has 0 N–H and O–H groups in total. The minimum Gasteiger partial charge on any atom is -0.294 e. The van der Waals surface area contributed by atoms with Crippen LogP contribution < -0.4 is 0 Å². The number of rotatable bonds is 3. The van der Waals surface area contributed by atoms with Crippen LogP contribution in [-0.4, -0.2) is 30.3 Å². The second kappa shape index (κ2) is 5.47. The fourth-order valence-electron chi connectivity index (χ4n) is 3.65. The summed E-state index contributed by atoms with van der Waals surface area (Å²) in [5, 5.41) is 4.77. The van der Waals surface area contributed by atoms with Gasteiger partial charge in [-0.2, -0.15) is 5.10 Å². The topological polar surface area (TPSA) is 52.0 Å². The van der Waals surface area contributed by atoms with Crippen molar-refractivity contribution in [2.75, 3.05) is 0 Å². The molecule has 2 aliphatic rings. The van der Waals surface area contributed by atoms with E-state index in [0.29, 0.717) is 5.56 Å². The van der Waals surface area contributed by atoms with Crippen LogP contribution in [0.1, 0.15) is 36.0 Å². The number of carbonyl (C=O) groups excluding carboxylic acids is 1. The van der Waals surface area contributed by atoms with Gasteiger partial charge in [0.05, 0.1) is 17.4 Å². The summed E-state index contributed by atoms with van der Waals surface area (Å²) in [5.41, 5.74) is 1.62. The monoisotopic (exact) mass is 314 g/mol. The van der Waals surface area contributed by atoms with Crippen LogP contribution in [-0.2, 0) is 10.8 Å². The molecule has 2 aliphatic heterocycles. The van der Waals surface area contributed by atoms with E-state index in [1.165, 1.54) is 0 Å². The molecular formula is C17H18N2O2S. The lowest BCUT2D eigenvalue weighted by Gasteiger charge is -2.25. The van der Waals surface area contributed by atoms with E-state index in [-0.39, 0.29) is 22.2 Å². The highest BCUT2D eigenvalue weighted by atomic mass is 32.2. The van der Waals surface area contributed by atoms with Gasteiger partial charge in [0.25, 0.3) is 0 Å². The molecule has 4 rings (SSSR count). The number of hydrogen-bond acceptors (Lipinski definition) is 3. The lowest BCUT2D eigenvalue weighted by Crippen LogP contribution is -2.32. The van der Waals surface area contributed by atoms with Gasteiger partial charge >= 0.3 is 0 Å². The first kappa shape index (κ1) is 13.9. The molecule has 1 aromatic carbocycles. The first-order valence-corrected chi connectivity index (χ1v) is 9.03. The Hall–Kier alpha value is -1.75. The van der Waals surface area contributed by atoms with Gasteiger partial charge in [0.2, 0.25) is 0 Å². The summed E-state index contributed by atoms with van der Waals surface area (Å²) in [5.74, 6) is 0.180. The van der Waals surface area contributed by atoms with Crippen molar-refractivity contribution in [3.63, 3.8) is 0 Å². The van der Waals surface area contributed by atoms with E-state index in [1.807, 2.05) is 36.5 Å². The zero-order chi connectivity index (χ0) is 15.1. The highest BCUT2D eigenvalue weighted by molar-refractivity contribution is 7.86. The second-order valence-electron chi connectivity index (χ2n) is 6.19. The minimum absolute atomic E-state index is 0.0172. The van der Waals surface area contributed by atoms with Crippen molar-refractivity contribution in [1.29, 1.82) is 0 Å². The van der Waals surface area contributed by atoms with Crippen LogP contribution in [0, 0.1) is 5.92 Å². The Morgan fingerprint density at radius 3 is 2.50 bits per heavy atom. The summed E-state index contributed by atoms with van der Waals surface area (Å²) in [7, 11) is -0.710. The van der Waals surface area contributed by atoms with Crippen molar-refractivity contribution >= 4 is 16.6 Å². The molecule has 22 heavy (non-hydrogen) atoms. The molecule has 0 aliphatic carbocycles. The van der Waals surface area contributed by atoms with Gasteiger partial charge in [0.15, 0.2) is 5.78 Å². The summed E-state index contributed by atoms with van der Waals surface area (Å²) >= 11 is 0. The number of nitrogens with zero attached hydrogens (tertiary/aromatic N) is 2. The van der Waals surface area contributed by atoms with Gasteiger partial charge in [0.1, 0.15) is 0 Å². The molecule has 2 atom stereocenters. The van der Waals surface area contributed by atoms with E-state index in [0.717, 1.165) is 31.4 Å². The van der Waals surface area contributed by atoms with Crippen LogP contribution in [0.15, 0.2) is 42.7 Å². The molecule has 114 valence electrons. The number of hydrogen-bond donors (Lipinski definition) is 0. The number of ketones is 1. The van der Waals surface area contributed by atoms with Crippen LogP contribution >= 0.6 is 0 Å². The molecule has 2 aromatic rings. The molecule has 2 saturated heterocycles. The Kier molecular flexibility index (Phi) is 3.45. The average molecular weight is 314 g/mol. The molecule has 0 radical (unpaired) electrons. The predicted molar refractivity (Wildman–Crippen MR) is 85.6 cm³/mol. The van der Waals surface area contributed by atoms with Gasteiger partial charge < -0.3 is 0 Å². The molecule has 5 heteroatoms. The highest BCUT2D eigenvalue weighted by Gasteiger charge is 2.43. The summed E-state index contributed by atoms with van der Waals surface area (Å²) in [4.78, 5) is 12.7. The second-order valence-corrected chi connectivity index (χ2v) is 8.18. The van der Waals surface area contributed by atoms with E-state index in [4.69, 9.17) is 0 Å². The third-order valence-electron chi connectivity index (χ3n) is 4.82. The smallest absolute Gasteiger partial charge is 0.169 e. The molecule has 0 spiro atoms. The van der Waals surface area contributed by atoms with E-state index < -0.39 is 10.8 Å². The largest absolute Gasteiger partial charge is 0.294 e. The normalized spacial score (nSPS) is 30.4. The molecule has 4 nitrogen and oxygen atoms in total. The molecule has 2 fully saturated rings. The zero-order valence-electron chi connectivity index (χ0n) is 12.2. The molecule has 2 bridgehead atoms. The molecule has 0 amide bonds. The Labute approximate surface area is 132 Å². The number of aromatic nitrogens is 2. The maximum absolute atomic E-state index is 12.7. The van der Waals surface area contributed by atoms with Crippen molar-refractivity contribution < 1.29 is 9.00 Å². The molecule has 2 unspecified atom stereocenters. The molecule has 1 aromatic heterocycles. The first-order valence-electron chi connectivity index (χ1n) is 7.76. The molecule has 3 heterocycles. The fourth-order valence-corrected chi connectivity index (χ4v) is 5.78. The quantitative estimate of drug-likeness (QED) is 0.819. The van der Waals surface area contributed by atoms with Gasteiger partial charge in [-0.05, 0) is 37.8 Å². The standard InChI is InChI=1S/C17H18N2O2S/c20-17(12-8-15-6-7-16(9-12)22(15)21)13-10-18-19(11-13)14-4-2-1-3-5-14/h1-5,10-12,15-16H,6-9H2. The van der Waals surface area contributed by atoms with Crippen molar-refractivity contribution in [2.24, 2.45) is 5.92 Å². The summed E-state index contributed by atoms with van der Waals surface area (Å²) in [6, 6.07) is 9.78. The Morgan fingerprint density at radius 2 is 1.82 bits per heavy atom. The number of fused-ring (bicyclic) bond motifs is 2. The van der Waals surface area contributed by atoms with E-state index in [2.05, 4.69) is 5.10 Å². The number of Topliss-reactive ketones (excluding diaryl/α,β-unsaturated/α-hetero) is 1. The Bertz CT molecular complexity index is 709. The Morgan fingerprint density at radius 1 is 1.14 bits per heavy atom. The van der Waals surface area contributed by atoms with Crippen molar-refractivity contribution in [1.82, 2.24) is 9.78 Å². The van der Waals surface area contributed by atoms with Crippen molar-refractivity contribution in [3.8, 4) is 5.69 Å². The van der Waals surface area contributed by atoms with Gasteiger partial charge in [-0.3, -0.25) is 9.00 Å². The van der Waals surface area contributed by atoms with Gasteiger partial charge in [-0.25, -0.2) is 4.68 Å². The average Bonchev–Trinajstić information content (AvgIpc) is 3.10. The number of carbonyl (C=O) groups is 1. The Balaban J connectivity index is 1.54. The van der Waals surface area contributed by atoms with Crippen molar-refractivity contribution in [3.05, 3.63) is 48.3 Å². The van der Waals surface area contributed by atoms with Crippen LogP contribution in [0.3, 0.4) is 0 Å².